The largest absolute Gasteiger partial charge is 0.505 e. The summed E-state index contributed by atoms with van der Waals surface area (Å²) in [6.07, 6.45) is 1.45. The van der Waals surface area contributed by atoms with Crippen LogP contribution in [-0.4, -0.2) is 21.0 Å². The van der Waals surface area contributed by atoms with Crippen LogP contribution in [0.3, 0.4) is 0 Å². The van der Waals surface area contributed by atoms with Crippen molar-refractivity contribution in [3.8, 4) is 5.75 Å². The number of aryl methyl sites for hydroxylation is 1. The molecule has 24 heavy (non-hydrogen) atoms. The van der Waals surface area contributed by atoms with E-state index in [9.17, 15) is 14.7 Å². The molecular weight excluding hydrogens is 374 g/mol. The van der Waals surface area contributed by atoms with Crippen molar-refractivity contribution < 1.29 is 9.90 Å². The SMILES string of the molecule is Cc1ccc(CNC(=O)c2[nH]c(=O)c3ncc(Br)cc3c2O)cc1. The molecule has 2 heterocycles. The Hall–Kier alpha value is -2.67. The number of hydrogen-bond donors (Lipinski definition) is 3. The van der Waals surface area contributed by atoms with E-state index >= 15 is 0 Å². The molecule has 3 aromatic rings. The standard InChI is InChI=1S/C17H14BrN3O3/c1-9-2-4-10(5-3-9)7-20-16(23)14-15(22)12-6-11(18)8-19-13(12)17(24)21-14/h2-6,8,22H,7H2,1H3,(H,20,23)(H,21,24). The van der Waals surface area contributed by atoms with Crippen LogP contribution in [0.1, 0.15) is 21.6 Å². The van der Waals surface area contributed by atoms with Crippen molar-refractivity contribution in [3.63, 3.8) is 0 Å². The maximum atomic E-state index is 12.3. The van der Waals surface area contributed by atoms with Crippen molar-refractivity contribution in [2.24, 2.45) is 0 Å². The number of pyridine rings is 2. The first-order valence-corrected chi connectivity index (χ1v) is 7.99. The van der Waals surface area contributed by atoms with Gasteiger partial charge in [-0.3, -0.25) is 9.59 Å². The number of aromatic nitrogens is 2. The molecule has 3 N–H and O–H groups in total. The molecule has 0 bridgehead atoms. The van der Waals surface area contributed by atoms with Gasteiger partial charge in [-0.15, -0.1) is 0 Å². The van der Waals surface area contributed by atoms with Crippen LogP contribution in [0.2, 0.25) is 0 Å². The number of nitrogens with zero attached hydrogens (tertiary/aromatic N) is 1. The summed E-state index contributed by atoms with van der Waals surface area (Å²) in [6, 6.07) is 9.24. The molecule has 3 rings (SSSR count). The van der Waals surface area contributed by atoms with Crippen LogP contribution in [0.25, 0.3) is 10.9 Å². The first-order valence-electron chi connectivity index (χ1n) is 7.20. The number of carbonyl (C=O) groups excluding carboxylic acids is 1. The normalized spacial score (nSPS) is 10.8. The highest BCUT2D eigenvalue weighted by Crippen LogP contribution is 2.26. The van der Waals surface area contributed by atoms with Crippen molar-refractivity contribution in [2.45, 2.75) is 13.5 Å². The summed E-state index contributed by atoms with van der Waals surface area (Å²) in [5.74, 6) is -0.869. The Morgan fingerprint density at radius 1 is 1.33 bits per heavy atom. The smallest absolute Gasteiger partial charge is 0.275 e. The Morgan fingerprint density at radius 2 is 2.04 bits per heavy atom. The highest BCUT2D eigenvalue weighted by atomic mass is 79.9. The minimum atomic E-state index is -0.563. The quantitative estimate of drug-likeness (QED) is 0.643. The van der Waals surface area contributed by atoms with Gasteiger partial charge < -0.3 is 15.4 Å². The summed E-state index contributed by atoms with van der Waals surface area (Å²) in [5, 5.41) is 13.2. The number of nitrogens with one attached hydrogen (secondary N) is 2. The molecule has 6 nitrogen and oxygen atoms in total. The van der Waals surface area contributed by atoms with Crippen molar-refractivity contribution in [1.82, 2.24) is 15.3 Å². The molecule has 0 fully saturated rings. The number of halogens is 1. The lowest BCUT2D eigenvalue weighted by Crippen LogP contribution is -2.26. The Kier molecular flexibility index (Phi) is 4.35. The Bertz CT molecular complexity index is 981. The topological polar surface area (TPSA) is 95.1 Å². The highest BCUT2D eigenvalue weighted by molar-refractivity contribution is 9.10. The lowest BCUT2D eigenvalue weighted by atomic mass is 10.1. The van der Waals surface area contributed by atoms with Gasteiger partial charge in [0, 0.05) is 17.2 Å². The van der Waals surface area contributed by atoms with E-state index < -0.39 is 11.5 Å². The summed E-state index contributed by atoms with van der Waals surface area (Å²) in [6.45, 7) is 2.27. The van der Waals surface area contributed by atoms with Crippen molar-refractivity contribution >= 4 is 32.7 Å². The summed E-state index contributed by atoms with van der Waals surface area (Å²) in [7, 11) is 0. The van der Waals surface area contributed by atoms with E-state index in [4.69, 9.17) is 0 Å². The molecular formula is C17H14BrN3O3. The number of amides is 1. The molecule has 0 atom stereocenters. The number of aromatic hydroxyl groups is 1. The minimum Gasteiger partial charge on any atom is -0.505 e. The number of fused-ring (bicyclic) bond motifs is 1. The second-order valence-electron chi connectivity index (χ2n) is 5.40. The molecule has 0 saturated heterocycles. The van der Waals surface area contributed by atoms with Gasteiger partial charge in [-0.05, 0) is 34.5 Å². The van der Waals surface area contributed by atoms with Crippen LogP contribution >= 0.6 is 15.9 Å². The van der Waals surface area contributed by atoms with Gasteiger partial charge >= 0.3 is 0 Å². The maximum absolute atomic E-state index is 12.3. The fraction of sp³-hybridized carbons (Fsp3) is 0.118. The lowest BCUT2D eigenvalue weighted by Gasteiger charge is -2.09. The van der Waals surface area contributed by atoms with Gasteiger partial charge in [-0.25, -0.2) is 4.98 Å². The third kappa shape index (κ3) is 3.16. The van der Waals surface area contributed by atoms with Crippen LogP contribution in [0, 0.1) is 6.92 Å². The van der Waals surface area contributed by atoms with Crippen LogP contribution in [0.4, 0.5) is 0 Å². The first-order chi connectivity index (χ1) is 11.5. The van der Waals surface area contributed by atoms with Crippen LogP contribution in [-0.2, 0) is 6.54 Å². The molecule has 0 saturated carbocycles. The van der Waals surface area contributed by atoms with Gasteiger partial charge in [0.1, 0.15) is 11.2 Å². The molecule has 2 aromatic heterocycles. The van der Waals surface area contributed by atoms with Gasteiger partial charge in [0.05, 0.1) is 5.39 Å². The molecule has 0 aliphatic rings. The third-order valence-corrected chi connectivity index (χ3v) is 4.03. The number of aromatic amines is 1. The fourth-order valence-electron chi connectivity index (χ4n) is 2.31. The van der Waals surface area contributed by atoms with Crippen LogP contribution in [0.5, 0.6) is 5.75 Å². The number of hydrogen-bond acceptors (Lipinski definition) is 4. The van der Waals surface area contributed by atoms with Crippen molar-refractivity contribution in [2.75, 3.05) is 0 Å². The molecule has 1 aromatic carbocycles. The predicted molar refractivity (Wildman–Crippen MR) is 94.1 cm³/mol. The summed E-state index contributed by atoms with van der Waals surface area (Å²) >= 11 is 3.23. The predicted octanol–water partition coefficient (Wildman–Crippen LogP) is 2.63. The fourth-order valence-corrected chi connectivity index (χ4v) is 2.64. The van der Waals surface area contributed by atoms with Gasteiger partial charge in [0.25, 0.3) is 11.5 Å². The zero-order valence-corrected chi connectivity index (χ0v) is 14.3. The molecule has 0 spiro atoms. The van der Waals surface area contributed by atoms with E-state index in [0.717, 1.165) is 11.1 Å². The maximum Gasteiger partial charge on any atom is 0.275 e. The Morgan fingerprint density at radius 3 is 2.75 bits per heavy atom. The van der Waals surface area contributed by atoms with E-state index in [1.54, 1.807) is 6.07 Å². The second-order valence-corrected chi connectivity index (χ2v) is 6.31. The number of carbonyl (C=O) groups is 1. The van der Waals surface area contributed by atoms with Crippen molar-refractivity contribution in [1.29, 1.82) is 0 Å². The molecule has 122 valence electrons. The third-order valence-electron chi connectivity index (χ3n) is 3.60. The van der Waals surface area contributed by atoms with Gasteiger partial charge in [-0.1, -0.05) is 29.8 Å². The van der Waals surface area contributed by atoms with Crippen LogP contribution < -0.4 is 10.9 Å². The minimum absolute atomic E-state index is 0.0748. The number of rotatable bonds is 3. The van der Waals surface area contributed by atoms with Gasteiger partial charge in [0.15, 0.2) is 5.75 Å². The first kappa shape index (κ1) is 16.2. The van der Waals surface area contributed by atoms with E-state index in [2.05, 4.69) is 31.2 Å². The van der Waals surface area contributed by atoms with E-state index in [0.29, 0.717) is 4.47 Å². The zero-order chi connectivity index (χ0) is 17.3. The van der Waals surface area contributed by atoms with E-state index in [1.165, 1.54) is 6.20 Å². The summed E-state index contributed by atoms with van der Waals surface area (Å²) < 4.78 is 0.599. The van der Waals surface area contributed by atoms with E-state index in [1.807, 2.05) is 31.2 Å². The lowest BCUT2D eigenvalue weighted by molar-refractivity contribution is 0.0943. The van der Waals surface area contributed by atoms with Gasteiger partial charge in [0.2, 0.25) is 0 Å². The van der Waals surface area contributed by atoms with Gasteiger partial charge in [-0.2, -0.15) is 0 Å². The van der Waals surface area contributed by atoms with E-state index in [-0.39, 0.29) is 28.9 Å². The summed E-state index contributed by atoms with van der Waals surface area (Å²) in [4.78, 5) is 30.7. The molecule has 0 aliphatic heterocycles. The Labute approximate surface area is 145 Å². The molecule has 1 amide bonds. The second kappa shape index (κ2) is 6.45. The number of H-pyrrole nitrogens is 1. The Balaban J connectivity index is 1.91. The number of benzene rings is 1. The average molecular weight is 388 g/mol. The monoisotopic (exact) mass is 387 g/mol. The molecule has 0 aliphatic carbocycles. The molecule has 0 radical (unpaired) electrons. The molecule has 0 unspecified atom stereocenters. The molecule has 7 heteroatoms. The highest BCUT2D eigenvalue weighted by Gasteiger charge is 2.17. The van der Waals surface area contributed by atoms with Crippen molar-refractivity contribution in [3.05, 3.63) is 68.2 Å². The average Bonchev–Trinajstić information content (AvgIpc) is 2.57. The van der Waals surface area contributed by atoms with Crippen LogP contribution in [0.15, 0.2) is 45.8 Å². The zero-order valence-electron chi connectivity index (χ0n) is 12.8. The summed E-state index contributed by atoms with van der Waals surface area (Å²) in [5.41, 5.74) is 1.40.